The van der Waals surface area contributed by atoms with Crippen molar-refractivity contribution in [2.45, 2.75) is 13.3 Å². The lowest BCUT2D eigenvalue weighted by atomic mass is 10.2. The lowest BCUT2D eigenvalue weighted by molar-refractivity contribution is -0.132. The Morgan fingerprint density at radius 2 is 2.12 bits per heavy atom. The van der Waals surface area contributed by atoms with Gasteiger partial charge in [-0.2, -0.15) is 0 Å². The summed E-state index contributed by atoms with van der Waals surface area (Å²) in [5.74, 6) is -0.847. The second kappa shape index (κ2) is 10.6. The van der Waals surface area contributed by atoms with Crippen molar-refractivity contribution in [1.82, 2.24) is 5.32 Å². The predicted octanol–water partition coefficient (Wildman–Crippen LogP) is 0.660. The molecule has 0 rings (SSSR count). The third-order valence-corrected chi connectivity index (χ3v) is 2.00. The number of hydrogen-bond acceptors (Lipinski definition) is 4. The Bertz CT molecular complexity index is 216. The molecule has 5 nitrogen and oxygen atoms in total. The zero-order chi connectivity index (χ0) is 12.2. The van der Waals surface area contributed by atoms with Gasteiger partial charge in [-0.15, -0.1) is 0 Å². The van der Waals surface area contributed by atoms with Gasteiger partial charge in [0.15, 0.2) is 0 Å². The normalized spacial score (nSPS) is 11.8. The number of hydrogen-bond donors (Lipinski definition) is 2. The summed E-state index contributed by atoms with van der Waals surface area (Å²) >= 11 is 0. The molecule has 16 heavy (non-hydrogen) atoms. The first-order valence-corrected chi connectivity index (χ1v) is 5.42. The van der Waals surface area contributed by atoms with Gasteiger partial charge in [0.1, 0.15) is 0 Å². The van der Waals surface area contributed by atoms with Crippen LogP contribution in [0.5, 0.6) is 0 Å². The topological polar surface area (TPSA) is 67.8 Å². The maximum Gasteiger partial charge on any atom is 0.331 e. The number of nitrogens with one attached hydrogen (secondary N) is 1. The quantitative estimate of drug-likeness (QED) is 0.427. The summed E-state index contributed by atoms with van der Waals surface area (Å²) in [6, 6.07) is 0. The van der Waals surface area contributed by atoms with E-state index in [-0.39, 0.29) is 0 Å². The molecule has 0 spiro atoms. The molecule has 0 atom stereocenters. The van der Waals surface area contributed by atoms with Gasteiger partial charge < -0.3 is 19.9 Å². The van der Waals surface area contributed by atoms with Crippen LogP contribution in [0, 0.1) is 0 Å². The van der Waals surface area contributed by atoms with Gasteiger partial charge in [0.25, 0.3) is 0 Å². The minimum atomic E-state index is -0.847. The van der Waals surface area contributed by atoms with E-state index in [4.69, 9.17) is 14.6 Å². The summed E-state index contributed by atoms with van der Waals surface area (Å²) in [6.07, 6.45) is 2.23. The molecule has 0 fully saturated rings. The number of methoxy groups -OCH3 is 1. The molecule has 0 saturated heterocycles. The molecule has 0 unspecified atom stereocenters. The molecule has 0 bridgehead atoms. The summed E-state index contributed by atoms with van der Waals surface area (Å²) in [5.41, 5.74) is 0.438. The van der Waals surface area contributed by atoms with Crippen LogP contribution in [0.15, 0.2) is 11.6 Å². The molecule has 0 saturated carbocycles. The van der Waals surface area contributed by atoms with Crippen molar-refractivity contribution in [3.63, 3.8) is 0 Å². The smallest absolute Gasteiger partial charge is 0.331 e. The number of carboxylic acid groups (broad SMARTS) is 1. The van der Waals surface area contributed by atoms with Crippen molar-refractivity contribution in [1.29, 1.82) is 0 Å². The van der Waals surface area contributed by atoms with Crippen molar-refractivity contribution in [3.8, 4) is 0 Å². The van der Waals surface area contributed by atoms with Crippen LogP contribution in [-0.2, 0) is 14.3 Å². The zero-order valence-electron chi connectivity index (χ0n) is 9.99. The van der Waals surface area contributed by atoms with Crippen LogP contribution >= 0.6 is 0 Å². The first-order chi connectivity index (χ1) is 7.72. The average Bonchev–Trinajstić information content (AvgIpc) is 2.26. The summed E-state index contributed by atoms with van der Waals surface area (Å²) in [4.78, 5) is 10.6. The van der Waals surface area contributed by atoms with Crippen LogP contribution in [0.3, 0.4) is 0 Å². The van der Waals surface area contributed by atoms with E-state index in [9.17, 15) is 4.79 Å². The fourth-order valence-corrected chi connectivity index (χ4v) is 1.07. The minimum Gasteiger partial charge on any atom is -0.478 e. The molecule has 0 amide bonds. The summed E-state index contributed by atoms with van der Waals surface area (Å²) < 4.78 is 10.1. The molecule has 2 N–H and O–H groups in total. The fraction of sp³-hybridized carbons (Fsp3) is 0.727. The van der Waals surface area contributed by atoms with Crippen LogP contribution in [0.2, 0.25) is 0 Å². The number of rotatable bonds is 10. The van der Waals surface area contributed by atoms with Gasteiger partial charge in [0, 0.05) is 25.8 Å². The van der Waals surface area contributed by atoms with Gasteiger partial charge in [-0.3, -0.25) is 0 Å². The first kappa shape index (κ1) is 15.1. The maximum absolute atomic E-state index is 10.6. The van der Waals surface area contributed by atoms with Gasteiger partial charge >= 0.3 is 5.97 Å². The molecule has 0 aliphatic carbocycles. The third-order valence-electron chi connectivity index (χ3n) is 2.00. The van der Waals surface area contributed by atoms with E-state index < -0.39 is 5.97 Å². The Morgan fingerprint density at radius 1 is 1.38 bits per heavy atom. The number of aliphatic carboxylic acids is 1. The molecule has 0 heterocycles. The van der Waals surface area contributed by atoms with E-state index in [2.05, 4.69) is 5.32 Å². The number of ether oxygens (including phenoxy) is 2. The second-order valence-corrected chi connectivity index (χ2v) is 3.20. The van der Waals surface area contributed by atoms with Crippen LogP contribution < -0.4 is 5.32 Å². The lowest BCUT2D eigenvalue weighted by Crippen LogP contribution is -2.21. The maximum atomic E-state index is 10.6. The van der Waals surface area contributed by atoms with Crippen molar-refractivity contribution in [3.05, 3.63) is 11.6 Å². The molecule has 5 heteroatoms. The average molecular weight is 231 g/mol. The van der Waals surface area contributed by atoms with E-state index in [1.54, 1.807) is 13.2 Å². The van der Waals surface area contributed by atoms with Crippen LogP contribution in [0.1, 0.15) is 13.3 Å². The van der Waals surface area contributed by atoms with E-state index >= 15 is 0 Å². The van der Waals surface area contributed by atoms with Crippen molar-refractivity contribution < 1.29 is 19.4 Å². The first-order valence-electron chi connectivity index (χ1n) is 5.42. The summed E-state index contributed by atoms with van der Waals surface area (Å²) in [6.45, 7) is 4.88. The van der Waals surface area contributed by atoms with Gasteiger partial charge in [-0.05, 0) is 6.42 Å². The summed E-state index contributed by atoms with van der Waals surface area (Å²) in [5, 5.41) is 11.8. The van der Waals surface area contributed by atoms with Gasteiger partial charge in [-0.25, -0.2) is 4.79 Å². The number of carbonyl (C=O) groups is 1. The van der Waals surface area contributed by atoms with Gasteiger partial charge in [0.05, 0.1) is 19.8 Å². The van der Waals surface area contributed by atoms with E-state index in [1.807, 2.05) is 6.92 Å². The molecule has 0 aromatic heterocycles. The number of carboxylic acids is 1. The van der Waals surface area contributed by atoms with Crippen LogP contribution in [0.4, 0.5) is 0 Å². The highest BCUT2D eigenvalue weighted by Gasteiger charge is 2.01. The Morgan fingerprint density at radius 3 is 2.69 bits per heavy atom. The molecular weight excluding hydrogens is 210 g/mol. The summed E-state index contributed by atoms with van der Waals surface area (Å²) in [7, 11) is 1.63. The standard InChI is InChI=1S/C11H21NO4/c1-3-10(11(13)14)4-5-12-6-7-16-9-8-15-2/h4,12H,3,5-9H2,1-2H3,(H,13,14). The SMILES string of the molecule is CCC(=CCNCCOCCOC)C(=O)O. The molecule has 0 aromatic carbocycles. The van der Waals surface area contributed by atoms with E-state index in [0.717, 1.165) is 0 Å². The highest BCUT2D eigenvalue weighted by Crippen LogP contribution is 1.98. The van der Waals surface area contributed by atoms with Crippen molar-refractivity contribution >= 4 is 5.97 Å². The highest BCUT2D eigenvalue weighted by molar-refractivity contribution is 5.86. The predicted molar refractivity (Wildman–Crippen MR) is 61.6 cm³/mol. The van der Waals surface area contributed by atoms with Crippen LogP contribution in [0.25, 0.3) is 0 Å². The molecule has 0 radical (unpaired) electrons. The Hall–Kier alpha value is -0.910. The minimum absolute atomic E-state index is 0.438. The fourth-order valence-electron chi connectivity index (χ4n) is 1.07. The largest absolute Gasteiger partial charge is 0.478 e. The second-order valence-electron chi connectivity index (χ2n) is 3.20. The highest BCUT2D eigenvalue weighted by atomic mass is 16.5. The Balaban J connectivity index is 3.41. The lowest BCUT2D eigenvalue weighted by Gasteiger charge is -2.04. The Labute approximate surface area is 96.4 Å². The zero-order valence-corrected chi connectivity index (χ0v) is 9.99. The molecule has 0 aliphatic rings. The molecule has 0 aliphatic heterocycles. The Kier molecular flexibility index (Phi) is 10.00. The van der Waals surface area contributed by atoms with Gasteiger partial charge in [0.2, 0.25) is 0 Å². The third kappa shape index (κ3) is 8.40. The van der Waals surface area contributed by atoms with Crippen LogP contribution in [-0.4, -0.2) is 51.1 Å². The van der Waals surface area contributed by atoms with Crippen molar-refractivity contribution in [2.75, 3.05) is 40.0 Å². The van der Waals surface area contributed by atoms with E-state index in [1.165, 1.54) is 0 Å². The van der Waals surface area contributed by atoms with E-state index in [0.29, 0.717) is 44.9 Å². The monoisotopic (exact) mass is 231 g/mol. The van der Waals surface area contributed by atoms with Crippen molar-refractivity contribution in [2.24, 2.45) is 0 Å². The van der Waals surface area contributed by atoms with Gasteiger partial charge in [-0.1, -0.05) is 13.0 Å². The molecule has 0 aromatic rings. The molecule has 94 valence electrons. The molecular formula is C11H21NO4.